The van der Waals surface area contributed by atoms with Gasteiger partial charge >= 0.3 is 0 Å². The Balaban J connectivity index is 1.46. The van der Waals surface area contributed by atoms with Gasteiger partial charge in [0, 0.05) is 48.8 Å². The van der Waals surface area contributed by atoms with Crippen LogP contribution >= 0.6 is 0 Å². The lowest BCUT2D eigenvalue weighted by Gasteiger charge is -2.36. The highest BCUT2D eigenvalue weighted by molar-refractivity contribution is 5.98. The van der Waals surface area contributed by atoms with Gasteiger partial charge in [0.15, 0.2) is 0 Å². The van der Waals surface area contributed by atoms with Gasteiger partial charge in [-0.1, -0.05) is 12.1 Å². The summed E-state index contributed by atoms with van der Waals surface area (Å²) in [5, 5.41) is 1.02. The third-order valence-electron chi connectivity index (χ3n) is 4.99. The van der Waals surface area contributed by atoms with Gasteiger partial charge < -0.3 is 19.5 Å². The minimum atomic E-state index is 0.0593. The molecule has 1 aromatic heterocycles. The predicted molar refractivity (Wildman–Crippen MR) is 104 cm³/mol. The van der Waals surface area contributed by atoms with Crippen molar-refractivity contribution in [1.82, 2.24) is 9.88 Å². The number of anilines is 1. The molecule has 0 spiro atoms. The maximum Gasteiger partial charge on any atom is 0.270 e. The molecule has 5 heteroatoms. The summed E-state index contributed by atoms with van der Waals surface area (Å²) in [5.41, 5.74) is 4.05. The topological polar surface area (TPSA) is 48.6 Å². The van der Waals surface area contributed by atoms with Crippen LogP contribution in [-0.2, 0) is 0 Å². The van der Waals surface area contributed by atoms with Crippen molar-refractivity contribution < 1.29 is 9.53 Å². The Labute approximate surface area is 153 Å². The molecular formula is C21H23N3O2. The highest BCUT2D eigenvalue weighted by atomic mass is 16.5. The number of benzene rings is 2. The number of nitrogens with zero attached hydrogens (tertiary/aromatic N) is 2. The number of hydrogen-bond acceptors (Lipinski definition) is 3. The van der Waals surface area contributed by atoms with Crippen molar-refractivity contribution in [3.63, 3.8) is 0 Å². The zero-order valence-electron chi connectivity index (χ0n) is 15.2. The number of aromatic nitrogens is 1. The van der Waals surface area contributed by atoms with Crippen LogP contribution in [0.4, 0.5) is 5.69 Å². The van der Waals surface area contributed by atoms with Gasteiger partial charge in [0.1, 0.15) is 11.4 Å². The van der Waals surface area contributed by atoms with Gasteiger partial charge in [-0.3, -0.25) is 4.79 Å². The predicted octanol–water partition coefficient (Wildman–Crippen LogP) is 3.45. The molecule has 3 aromatic rings. The number of nitrogens with one attached hydrogen (secondary N) is 1. The molecular weight excluding hydrogens is 326 g/mol. The van der Waals surface area contributed by atoms with Crippen LogP contribution in [0.3, 0.4) is 0 Å². The molecule has 134 valence electrons. The van der Waals surface area contributed by atoms with Crippen LogP contribution in [0.1, 0.15) is 16.1 Å². The summed E-state index contributed by atoms with van der Waals surface area (Å²) >= 11 is 0. The first kappa shape index (κ1) is 16.5. The smallest absolute Gasteiger partial charge is 0.270 e. The number of hydrogen-bond donors (Lipinski definition) is 1. The maximum absolute atomic E-state index is 12.9. The summed E-state index contributed by atoms with van der Waals surface area (Å²) in [7, 11) is 1.64. The number of carbonyl (C=O) groups is 1. The maximum atomic E-state index is 12.9. The van der Waals surface area contributed by atoms with Crippen LogP contribution in [0.5, 0.6) is 5.75 Å². The first-order valence-corrected chi connectivity index (χ1v) is 8.92. The fourth-order valence-corrected chi connectivity index (χ4v) is 3.51. The first-order chi connectivity index (χ1) is 12.6. The molecule has 2 heterocycles. The number of piperazine rings is 1. The standard InChI is InChI=1S/C21H23N3O2/c1-15-4-3-5-17(12-15)23-8-10-24(11-9-23)21(25)20-13-16-6-7-18(26-2)14-19(16)22-20/h3-7,12-14,22H,8-11H2,1-2H3. The number of H-pyrrole nitrogens is 1. The van der Waals surface area contributed by atoms with Crippen LogP contribution in [0.2, 0.25) is 0 Å². The van der Waals surface area contributed by atoms with E-state index in [0.717, 1.165) is 42.8 Å². The molecule has 0 atom stereocenters. The van der Waals surface area contributed by atoms with Crippen molar-refractivity contribution >= 4 is 22.5 Å². The number of rotatable bonds is 3. The Bertz CT molecular complexity index is 939. The molecule has 0 aliphatic carbocycles. The quantitative estimate of drug-likeness (QED) is 0.788. The number of methoxy groups -OCH3 is 1. The Hall–Kier alpha value is -2.95. The molecule has 0 bridgehead atoms. The lowest BCUT2D eigenvalue weighted by atomic mass is 10.2. The second kappa shape index (κ2) is 6.75. The third-order valence-corrected chi connectivity index (χ3v) is 4.99. The van der Waals surface area contributed by atoms with E-state index in [1.165, 1.54) is 11.3 Å². The molecule has 1 aliphatic rings. The lowest BCUT2D eigenvalue weighted by molar-refractivity contribution is 0.0742. The SMILES string of the molecule is COc1ccc2cc(C(=O)N3CCN(c4cccc(C)c4)CC3)[nH]c2c1. The molecule has 1 fully saturated rings. The van der Waals surface area contributed by atoms with Gasteiger partial charge in [0.25, 0.3) is 5.91 Å². The van der Waals surface area contributed by atoms with E-state index in [-0.39, 0.29) is 5.91 Å². The Kier molecular flexibility index (Phi) is 4.29. The van der Waals surface area contributed by atoms with Crippen LogP contribution in [-0.4, -0.2) is 49.1 Å². The summed E-state index contributed by atoms with van der Waals surface area (Å²) in [4.78, 5) is 20.4. The van der Waals surface area contributed by atoms with E-state index in [1.807, 2.05) is 29.2 Å². The fraction of sp³-hybridized carbons (Fsp3) is 0.286. The first-order valence-electron chi connectivity index (χ1n) is 8.92. The van der Waals surface area contributed by atoms with Crippen molar-refractivity contribution in [1.29, 1.82) is 0 Å². The third kappa shape index (κ3) is 3.12. The van der Waals surface area contributed by atoms with Crippen LogP contribution in [0.15, 0.2) is 48.5 Å². The number of amides is 1. The van der Waals surface area contributed by atoms with E-state index in [1.54, 1.807) is 7.11 Å². The van der Waals surface area contributed by atoms with Gasteiger partial charge in [0.2, 0.25) is 0 Å². The Morgan fingerprint density at radius 1 is 1.04 bits per heavy atom. The molecule has 4 rings (SSSR count). The van der Waals surface area contributed by atoms with E-state index in [9.17, 15) is 4.79 Å². The molecule has 1 N–H and O–H groups in total. The van der Waals surface area contributed by atoms with E-state index in [0.29, 0.717) is 5.69 Å². The number of aromatic amines is 1. The molecule has 0 saturated carbocycles. The monoisotopic (exact) mass is 349 g/mol. The molecule has 5 nitrogen and oxygen atoms in total. The molecule has 2 aromatic carbocycles. The number of carbonyl (C=O) groups excluding carboxylic acids is 1. The van der Waals surface area contributed by atoms with E-state index in [2.05, 4.69) is 41.1 Å². The largest absolute Gasteiger partial charge is 0.497 e. The summed E-state index contributed by atoms with van der Waals surface area (Å²) in [6, 6.07) is 16.2. The average molecular weight is 349 g/mol. The summed E-state index contributed by atoms with van der Waals surface area (Å²) < 4.78 is 5.25. The van der Waals surface area contributed by atoms with Crippen molar-refractivity contribution in [3.05, 3.63) is 59.8 Å². The molecule has 26 heavy (non-hydrogen) atoms. The Morgan fingerprint density at radius 3 is 2.58 bits per heavy atom. The highest BCUT2D eigenvalue weighted by Crippen LogP contribution is 2.23. The van der Waals surface area contributed by atoms with Crippen molar-refractivity contribution in [3.8, 4) is 5.75 Å². The van der Waals surface area contributed by atoms with Gasteiger partial charge in [0.05, 0.1) is 7.11 Å². The van der Waals surface area contributed by atoms with E-state index in [4.69, 9.17) is 4.74 Å². The second-order valence-electron chi connectivity index (χ2n) is 6.75. The minimum Gasteiger partial charge on any atom is -0.497 e. The summed E-state index contributed by atoms with van der Waals surface area (Å²) in [5.74, 6) is 0.842. The zero-order chi connectivity index (χ0) is 18.1. The van der Waals surface area contributed by atoms with Crippen LogP contribution in [0.25, 0.3) is 10.9 Å². The molecule has 0 radical (unpaired) electrons. The number of aryl methyl sites for hydroxylation is 1. The van der Waals surface area contributed by atoms with Gasteiger partial charge in [-0.25, -0.2) is 0 Å². The molecule has 0 unspecified atom stereocenters. The minimum absolute atomic E-state index is 0.0593. The van der Waals surface area contributed by atoms with Crippen molar-refractivity contribution in [2.75, 3.05) is 38.2 Å². The molecule has 1 aliphatic heterocycles. The fourth-order valence-electron chi connectivity index (χ4n) is 3.51. The average Bonchev–Trinajstić information content (AvgIpc) is 3.10. The van der Waals surface area contributed by atoms with E-state index >= 15 is 0 Å². The highest BCUT2D eigenvalue weighted by Gasteiger charge is 2.23. The number of fused-ring (bicyclic) bond motifs is 1. The molecule has 1 saturated heterocycles. The van der Waals surface area contributed by atoms with Gasteiger partial charge in [-0.15, -0.1) is 0 Å². The Morgan fingerprint density at radius 2 is 1.85 bits per heavy atom. The van der Waals surface area contributed by atoms with Crippen molar-refractivity contribution in [2.45, 2.75) is 6.92 Å². The summed E-state index contributed by atoms with van der Waals surface area (Å²) in [6.07, 6.45) is 0. The zero-order valence-corrected chi connectivity index (χ0v) is 15.2. The van der Waals surface area contributed by atoms with Crippen LogP contribution in [0, 0.1) is 6.92 Å². The van der Waals surface area contributed by atoms with Gasteiger partial charge in [-0.2, -0.15) is 0 Å². The van der Waals surface area contributed by atoms with Crippen LogP contribution < -0.4 is 9.64 Å². The number of ether oxygens (including phenoxy) is 1. The molecule has 1 amide bonds. The normalized spacial score (nSPS) is 14.7. The van der Waals surface area contributed by atoms with Gasteiger partial charge in [-0.05, 0) is 42.8 Å². The summed E-state index contributed by atoms with van der Waals surface area (Å²) in [6.45, 7) is 5.26. The van der Waals surface area contributed by atoms with Crippen molar-refractivity contribution in [2.24, 2.45) is 0 Å². The van der Waals surface area contributed by atoms with E-state index < -0.39 is 0 Å². The second-order valence-corrected chi connectivity index (χ2v) is 6.75. The lowest BCUT2D eigenvalue weighted by Crippen LogP contribution is -2.48.